The first-order chi connectivity index (χ1) is 10.2. The molecule has 0 bridgehead atoms. The van der Waals surface area contributed by atoms with Gasteiger partial charge >= 0.3 is 0 Å². The molecule has 1 amide bonds. The smallest absolute Gasteiger partial charge is 0.229 e. The molecule has 1 aliphatic heterocycles. The van der Waals surface area contributed by atoms with Crippen molar-refractivity contribution in [3.63, 3.8) is 0 Å². The Bertz CT molecular complexity index is 556. The van der Waals surface area contributed by atoms with Gasteiger partial charge in [0.05, 0.1) is 24.7 Å². The molecule has 0 radical (unpaired) electrons. The van der Waals surface area contributed by atoms with Crippen molar-refractivity contribution in [2.24, 2.45) is 5.92 Å². The fourth-order valence-corrected chi connectivity index (χ4v) is 2.10. The molecule has 1 fully saturated rings. The number of hydrogen-bond donors (Lipinski definition) is 2. The van der Waals surface area contributed by atoms with Crippen LogP contribution < -0.4 is 5.32 Å². The molecule has 1 atom stereocenters. The number of anilines is 1. The van der Waals surface area contributed by atoms with Gasteiger partial charge in [0.25, 0.3) is 0 Å². The Balaban J connectivity index is 1.99. The zero-order valence-electron chi connectivity index (χ0n) is 11.7. The highest BCUT2D eigenvalue weighted by Gasteiger charge is 2.21. The van der Waals surface area contributed by atoms with Crippen molar-refractivity contribution < 1.29 is 19.0 Å². The Morgan fingerprint density at radius 3 is 3.05 bits per heavy atom. The van der Waals surface area contributed by atoms with Gasteiger partial charge in [-0.3, -0.25) is 4.79 Å². The van der Waals surface area contributed by atoms with Crippen molar-refractivity contribution in [1.82, 2.24) is 0 Å². The second-order valence-corrected chi connectivity index (χ2v) is 4.87. The Morgan fingerprint density at radius 2 is 2.38 bits per heavy atom. The highest BCUT2D eigenvalue weighted by Crippen LogP contribution is 2.18. The van der Waals surface area contributed by atoms with Crippen LogP contribution in [0, 0.1) is 23.6 Å². The minimum absolute atomic E-state index is 0.0494. The van der Waals surface area contributed by atoms with Gasteiger partial charge in [-0.2, -0.15) is 0 Å². The van der Waals surface area contributed by atoms with E-state index in [-0.39, 0.29) is 24.0 Å². The lowest BCUT2D eigenvalue weighted by molar-refractivity contribution is -0.123. The standard InChI is InChI=1S/C16H18FNO3/c17-15-10-14(7-6-12(15)4-1-2-8-19)18-16(20)13-5-3-9-21-11-13/h6-7,10,13,19H,2-3,5,8-9,11H2,(H,18,20). The van der Waals surface area contributed by atoms with Crippen molar-refractivity contribution in [3.05, 3.63) is 29.6 Å². The number of nitrogens with one attached hydrogen (secondary N) is 1. The number of carbonyl (C=O) groups is 1. The third kappa shape index (κ3) is 4.55. The number of rotatable bonds is 3. The molecule has 1 aliphatic rings. The molecule has 0 saturated carbocycles. The molecule has 2 rings (SSSR count). The summed E-state index contributed by atoms with van der Waals surface area (Å²) in [5.41, 5.74) is 0.665. The van der Waals surface area contributed by atoms with E-state index >= 15 is 0 Å². The molecular formula is C16H18FNO3. The van der Waals surface area contributed by atoms with E-state index in [4.69, 9.17) is 9.84 Å². The topological polar surface area (TPSA) is 58.6 Å². The zero-order valence-corrected chi connectivity index (χ0v) is 11.7. The van der Waals surface area contributed by atoms with Gasteiger partial charge in [-0.1, -0.05) is 11.8 Å². The summed E-state index contributed by atoms with van der Waals surface area (Å²) in [5.74, 6) is 4.49. The van der Waals surface area contributed by atoms with Crippen LogP contribution in [0.25, 0.3) is 0 Å². The van der Waals surface area contributed by atoms with E-state index in [0.717, 1.165) is 12.8 Å². The number of amides is 1. The molecule has 2 N–H and O–H groups in total. The van der Waals surface area contributed by atoms with Gasteiger partial charge in [-0.05, 0) is 31.0 Å². The first-order valence-corrected chi connectivity index (χ1v) is 6.98. The predicted octanol–water partition coefficient (Wildman–Crippen LogP) is 1.92. The van der Waals surface area contributed by atoms with Crippen LogP contribution in [0.15, 0.2) is 18.2 Å². The maximum absolute atomic E-state index is 13.8. The van der Waals surface area contributed by atoms with Crippen LogP contribution in [0.1, 0.15) is 24.8 Å². The van der Waals surface area contributed by atoms with Gasteiger partial charge < -0.3 is 15.2 Å². The fourth-order valence-electron chi connectivity index (χ4n) is 2.10. The maximum atomic E-state index is 13.8. The monoisotopic (exact) mass is 291 g/mol. The molecule has 112 valence electrons. The van der Waals surface area contributed by atoms with Crippen LogP contribution >= 0.6 is 0 Å². The van der Waals surface area contributed by atoms with Crippen LogP contribution in [-0.4, -0.2) is 30.8 Å². The number of hydrogen-bond acceptors (Lipinski definition) is 3. The molecule has 0 spiro atoms. The summed E-state index contributed by atoms with van der Waals surface area (Å²) in [6.45, 7) is 1.06. The molecule has 1 unspecified atom stereocenters. The van der Waals surface area contributed by atoms with Gasteiger partial charge in [0.2, 0.25) is 5.91 Å². The second kappa shape index (κ2) is 7.77. The molecular weight excluding hydrogens is 273 g/mol. The van der Waals surface area contributed by atoms with Crippen molar-refractivity contribution >= 4 is 11.6 Å². The maximum Gasteiger partial charge on any atom is 0.229 e. The zero-order chi connectivity index (χ0) is 15.1. The molecule has 1 aromatic rings. The highest BCUT2D eigenvalue weighted by molar-refractivity contribution is 5.92. The Morgan fingerprint density at radius 1 is 1.52 bits per heavy atom. The largest absolute Gasteiger partial charge is 0.395 e. The Kier molecular flexibility index (Phi) is 5.73. The normalized spacial score (nSPS) is 17.7. The molecule has 4 nitrogen and oxygen atoms in total. The number of ether oxygens (including phenoxy) is 1. The average Bonchev–Trinajstić information content (AvgIpc) is 2.50. The number of aliphatic hydroxyl groups is 1. The first-order valence-electron chi connectivity index (χ1n) is 6.98. The van der Waals surface area contributed by atoms with Crippen LogP contribution in [-0.2, 0) is 9.53 Å². The summed E-state index contributed by atoms with van der Waals surface area (Å²) < 4.78 is 19.1. The Hall–Kier alpha value is -1.90. The fraction of sp³-hybridized carbons (Fsp3) is 0.438. The van der Waals surface area contributed by atoms with Crippen LogP contribution in [0.3, 0.4) is 0 Å². The first kappa shape index (κ1) is 15.5. The van der Waals surface area contributed by atoms with E-state index in [1.54, 1.807) is 6.07 Å². The van der Waals surface area contributed by atoms with Gasteiger partial charge in [0.15, 0.2) is 0 Å². The molecule has 0 aliphatic carbocycles. The highest BCUT2D eigenvalue weighted by atomic mass is 19.1. The van der Waals surface area contributed by atoms with E-state index in [0.29, 0.717) is 25.3 Å². The lowest BCUT2D eigenvalue weighted by atomic mass is 10.0. The summed E-state index contributed by atoms with van der Waals surface area (Å²) in [5, 5.41) is 11.3. The summed E-state index contributed by atoms with van der Waals surface area (Å²) in [4.78, 5) is 12.0. The van der Waals surface area contributed by atoms with Crippen molar-refractivity contribution in [2.75, 3.05) is 25.1 Å². The quantitative estimate of drug-likeness (QED) is 0.837. The minimum Gasteiger partial charge on any atom is -0.395 e. The van der Waals surface area contributed by atoms with E-state index < -0.39 is 5.82 Å². The summed E-state index contributed by atoms with van der Waals surface area (Å²) >= 11 is 0. The minimum atomic E-state index is -0.488. The lowest BCUT2D eigenvalue weighted by Crippen LogP contribution is -2.30. The van der Waals surface area contributed by atoms with Crippen LogP contribution in [0.4, 0.5) is 10.1 Å². The summed E-state index contributed by atoms with van der Waals surface area (Å²) in [7, 11) is 0. The van der Waals surface area contributed by atoms with Gasteiger partial charge in [0, 0.05) is 18.7 Å². The number of aliphatic hydroxyl groups excluding tert-OH is 1. The average molecular weight is 291 g/mol. The van der Waals surface area contributed by atoms with E-state index in [1.165, 1.54) is 12.1 Å². The molecule has 21 heavy (non-hydrogen) atoms. The Labute approximate surface area is 123 Å². The van der Waals surface area contributed by atoms with E-state index in [9.17, 15) is 9.18 Å². The summed E-state index contributed by atoms with van der Waals surface area (Å²) in [6.07, 6.45) is 1.96. The van der Waals surface area contributed by atoms with Gasteiger partial charge in [-0.15, -0.1) is 0 Å². The van der Waals surface area contributed by atoms with Crippen molar-refractivity contribution in [3.8, 4) is 11.8 Å². The van der Waals surface area contributed by atoms with E-state index in [2.05, 4.69) is 17.2 Å². The molecule has 1 aromatic carbocycles. The lowest BCUT2D eigenvalue weighted by Gasteiger charge is -2.21. The third-order valence-corrected chi connectivity index (χ3v) is 3.23. The molecule has 0 aromatic heterocycles. The number of benzene rings is 1. The van der Waals surface area contributed by atoms with Gasteiger partial charge in [-0.25, -0.2) is 4.39 Å². The van der Waals surface area contributed by atoms with Crippen LogP contribution in [0.5, 0.6) is 0 Å². The van der Waals surface area contributed by atoms with Gasteiger partial charge in [0.1, 0.15) is 5.82 Å². The number of halogens is 1. The summed E-state index contributed by atoms with van der Waals surface area (Å²) in [6, 6.07) is 4.39. The van der Waals surface area contributed by atoms with Crippen LogP contribution in [0.2, 0.25) is 0 Å². The number of carbonyl (C=O) groups excluding carboxylic acids is 1. The van der Waals surface area contributed by atoms with Crippen molar-refractivity contribution in [2.45, 2.75) is 19.3 Å². The predicted molar refractivity (Wildman–Crippen MR) is 77.2 cm³/mol. The molecule has 1 saturated heterocycles. The molecule has 5 heteroatoms. The van der Waals surface area contributed by atoms with Crippen molar-refractivity contribution in [1.29, 1.82) is 0 Å². The van der Waals surface area contributed by atoms with E-state index in [1.807, 2.05) is 0 Å². The third-order valence-electron chi connectivity index (χ3n) is 3.23. The second-order valence-electron chi connectivity index (χ2n) is 4.87. The molecule has 1 heterocycles. The SMILES string of the molecule is O=C(Nc1ccc(C#CCCO)c(F)c1)C1CCCOC1.